The summed E-state index contributed by atoms with van der Waals surface area (Å²) in [5.41, 5.74) is -0.160. The van der Waals surface area contributed by atoms with Crippen molar-refractivity contribution in [3.63, 3.8) is 0 Å². The molecule has 0 aliphatic heterocycles. The standard InChI is InChI=1S/C13H16N2O4S/c1-9-6-11(5-4-10(9)8-14)20(18,19)15-13(2,3)7-12(16)17/h4-6,15H,7H2,1-3H3,(H,16,17). The summed E-state index contributed by atoms with van der Waals surface area (Å²) in [7, 11) is -3.83. The highest BCUT2D eigenvalue weighted by molar-refractivity contribution is 7.89. The number of benzene rings is 1. The Balaban J connectivity index is 3.09. The molecule has 1 aromatic rings. The highest BCUT2D eigenvalue weighted by Gasteiger charge is 2.28. The number of aryl methyl sites for hydroxylation is 1. The van der Waals surface area contributed by atoms with Crippen LogP contribution in [0.15, 0.2) is 23.1 Å². The molecule has 108 valence electrons. The largest absolute Gasteiger partial charge is 0.481 e. The molecule has 0 unspecified atom stereocenters. The summed E-state index contributed by atoms with van der Waals surface area (Å²) in [6, 6.07) is 6.09. The van der Waals surface area contributed by atoms with E-state index in [2.05, 4.69) is 4.72 Å². The van der Waals surface area contributed by atoms with E-state index < -0.39 is 21.5 Å². The molecule has 20 heavy (non-hydrogen) atoms. The predicted octanol–water partition coefficient (Wildman–Crippen LogP) is 1.40. The number of hydrogen-bond donors (Lipinski definition) is 2. The third-order valence-electron chi connectivity index (χ3n) is 2.63. The highest BCUT2D eigenvalue weighted by Crippen LogP contribution is 2.18. The molecule has 0 saturated heterocycles. The number of hydrogen-bond acceptors (Lipinski definition) is 4. The maximum absolute atomic E-state index is 12.2. The fraction of sp³-hybridized carbons (Fsp3) is 0.385. The molecule has 0 spiro atoms. The van der Waals surface area contributed by atoms with Crippen molar-refractivity contribution in [1.82, 2.24) is 4.72 Å². The van der Waals surface area contributed by atoms with Crippen LogP contribution in [-0.2, 0) is 14.8 Å². The van der Waals surface area contributed by atoms with Crippen LogP contribution in [0.1, 0.15) is 31.4 Å². The van der Waals surface area contributed by atoms with Gasteiger partial charge in [0.1, 0.15) is 0 Å². The summed E-state index contributed by atoms with van der Waals surface area (Å²) in [4.78, 5) is 10.7. The number of carbonyl (C=O) groups is 1. The van der Waals surface area contributed by atoms with Crippen molar-refractivity contribution in [3.05, 3.63) is 29.3 Å². The van der Waals surface area contributed by atoms with Gasteiger partial charge in [-0.2, -0.15) is 5.26 Å². The molecule has 6 nitrogen and oxygen atoms in total. The van der Waals surface area contributed by atoms with Crippen LogP contribution in [0.2, 0.25) is 0 Å². The van der Waals surface area contributed by atoms with E-state index in [-0.39, 0.29) is 11.3 Å². The van der Waals surface area contributed by atoms with Gasteiger partial charge in [0.2, 0.25) is 10.0 Å². The van der Waals surface area contributed by atoms with E-state index in [0.29, 0.717) is 11.1 Å². The third kappa shape index (κ3) is 4.05. The third-order valence-corrected chi connectivity index (χ3v) is 4.33. The minimum Gasteiger partial charge on any atom is -0.481 e. The fourth-order valence-corrected chi connectivity index (χ4v) is 3.26. The second kappa shape index (κ2) is 5.61. The van der Waals surface area contributed by atoms with E-state index >= 15 is 0 Å². The maximum atomic E-state index is 12.2. The zero-order valence-corrected chi connectivity index (χ0v) is 12.3. The zero-order valence-electron chi connectivity index (χ0n) is 11.5. The lowest BCUT2D eigenvalue weighted by Crippen LogP contribution is -2.44. The first-order chi connectivity index (χ1) is 9.07. The maximum Gasteiger partial charge on any atom is 0.305 e. The summed E-state index contributed by atoms with van der Waals surface area (Å²) in [6.07, 6.45) is -0.332. The number of carboxylic acid groups (broad SMARTS) is 1. The van der Waals surface area contributed by atoms with Gasteiger partial charge in [-0.3, -0.25) is 4.79 Å². The van der Waals surface area contributed by atoms with Gasteiger partial charge in [-0.05, 0) is 44.5 Å². The molecule has 0 bridgehead atoms. The molecule has 0 saturated carbocycles. The number of aliphatic carboxylic acids is 1. The molecule has 1 aromatic carbocycles. The van der Waals surface area contributed by atoms with Gasteiger partial charge < -0.3 is 5.11 Å². The number of carboxylic acids is 1. The average molecular weight is 296 g/mol. The van der Waals surface area contributed by atoms with Crippen molar-refractivity contribution in [1.29, 1.82) is 5.26 Å². The van der Waals surface area contributed by atoms with Crippen molar-refractivity contribution in [2.24, 2.45) is 0 Å². The summed E-state index contributed by atoms with van der Waals surface area (Å²) in [5, 5.41) is 17.6. The number of sulfonamides is 1. The predicted molar refractivity (Wildman–Crippen MR) is 72.5 cm³/mol. The number of nitrogens with zero attached hydrogens (tertiary/aromatic N) is 1. The first kappa shape index (κ1) is 16.1. The van der Waals surface area contributed by atoms with Gasteiger partial charge >= 0.3 is 5.97 Å². The monoisotopic (exact) mass is 296 g/mol. The molecular weight excluding hydrogens is 280 g/mol. The minimum atomic E-state index is -3.83. The van der Waals surface area contributed by atoms with Gasteiger partial charge in [0.05, 0.1) is 22.9 Å². The van der Waals surface area contributed by atoms with Crippen molar-refractivity contribution in [2.45, 2.75) is 37.6 Å². The van der Waals surface area contributed by atoms with E-state index in [1.54, 1.807) is 6.92 Å². The quantitative estimate of drug-likeness (QED) is 0.854. The topological polar surface area (TPSA) is 107 Å². The van der Waals surface area contributed by atoms with Crippen molar-refractivity contribution in [3.8, 4) is 6.07 Å². The average Bonchev–Trinajstić information content (AvgIpc) is 2.25. The molecule has 0 aliphatic rings. The molecule has 0 heterocycles. The Labute approximate surface area is 118 Å². The van der Waals surface area contributed by atoms with E-state index in [1.807, 2.05) is 6.07 Å². The van der Waals surface area contributed by atoms with Crippen LogP contribution in [0.4, 0.5) is 0 Å². The molecule has 2 N–H and O–H groups in total. The van der Waals surface area contributed by atoms with Gasteiger partial charge in [0.25, 0.3) is 0 Å². The van der Waals surface area contributed by atoms with Gasteiger partial charge in [0.15, 0.2) is 0 Å². The second-order valence-electron chi connectivity index (χ2n) is 5.15. The van der Waals surface area contributed by atoms with Gasteiger partial charge in [-0.25, -0.2) is 13.1 Å². The van der Waals surface area contributed by atoms with Crippen LogP contribution < -0.4 is 4.72 Å². The summed E-state index contributed by atoms with van der Waals surface area (Å²) in [6.45, 7) is 4.63. The number of nitrogens with one attached hydrogen (secondary N) is 1. The molecule has 1 rings (SSSR count). The molecule has 0 radical (unpaired) electrons. The van der Waals surface area contributed by atoms with E-state index in [0.717, 1.165) is 0 Å². The lowest BCUT2D eigenvalue weighted by atomic mass is 10.0. The van der Waals surface area contributed by atoms with Crippen molar-refractivity contribution < 1.29 is 18.3 Å². The Hall–Kier alpha value is -1.91. The Morgan fingerprint density at radius 3 is 2.50 bits per heavy atom. The van der Waals surface area contributed by atoms with E-state index in [9.17, 15) is 13.2 Å². The van der Waals surface area contributed by atoms with E-state index in [1.165, 1.54) is 32.0 Å². The van der Waals surface area contributed by atoms with Gasteiger partial charge in [-0.1, -0.05) is 0 Å². The van der Waals surface area contributed by atoms with Crippen LogP contribution in [0.3, 0.4) is 0 Å². The molecular formula is C13H16N2O4S. The van der Waals surface area contributed by atoms with Crippen LogP contribution in [0.25, 0.3) is 0 Å². The normalized spacial score (nSPS) is 11.9. The minimum absolute atomic E-state index is 0.00691. The van der Waals surface area contributed by atoms with Crippen LogP contribution in [0.5, 0.6) is 0 Å². The molecule has 0 amide bonds. The lowest BCUT2D eigenvalue weighted by molar-refractivity contribution is -0.138. The van der Waals surface area contributed by atoms with Gasteiger partial charge in [-0.15, -0.1) is 0 Å². The molecule has 7 heteroatoms. The number of rotatable bonds is 5. The van der Waals surface area contributed by atoms with Crippen molar-refractivity contribution >= 4 is 16.0 Å². The number of nitriles is 1. The highest BCUT2D eigenvalue weighted by atomic mass is 32.2. The molecule has 0 fully saturated rings. The first-order valence-corrected chi connectivity index (χ1v) is 7.32. The molecule has 0 aromatic heterocycles. The smallest absolute Gasteiger partial charge is 0.305 e. The van der Waals surface area contributed by atoms with Gasteiger partial charge in [0, 0.05) is 5.54 Å². The first-order valence-electron chi connectivity index (χ1n) is 5.84. The second-order valence-corrected chi connectivity index (χ2v) is 6.83. The SMILES string of the molecule is Cc1cc(S(=O)(=O)NC(C)(C)CC(=O)O)ccc1C#N. The summed E-state index contributed by atoms with van der Waals surface area (Å²) < 4.78 is 26.7. The zero-order chi connectivity index (χ0) is 15.6. The Kier molecular flexibility index (Phi) is 4.53. The lowest BCUT2D eigenvalue weighted by Gasteiger charge is -2.24. The molecule has 0 aliphatic carbocycles. The summed E-state index contributed by atoms with van der Waals surface area (Å²) in [5.74, 6) is -1.09. The van der Waals surface area contributed by atoms with Crippen LogP contribution in [0, 0.1) is 18.3 Å². The Morgan fingerprint density at radius 1 is 1.45 bits per heavy atom. The fourth-order valence-electron chi connectivity index (χ4n) is 1.77. The Morgan fingerprint density at radius 2 is 2.05 bits per heavy atom. The summed E-state index contributed by atoms with van der Waals surface area (Å²) >= 11 is 0. The van der Waals surface area contributed by atoms with Crippen LogP contribution >= 0.6 is 0 Å². The Bertz CT molecular complexity index is 672. The van der Waals surface area contributed by atoms with E-state index in [4.69, 9.17) is 10.4 Å². The van der Waals surface area contributed by atoms with Crippen molar-refractivity contribution in [2.75, 3.05) is 0 Å². The van der Waals surface area contributed by atoms with Crippen LogP contribution in [-0.4, -0.2) is 25.0 Å². The molecule has 0 atom stereocenters.